The van der Waals surface area contributed by atoms with E-state index in [1.54, 1.807) is 22.3 Å². The van der Waals surface area contributed by atoms with E-state index in [1.807, 2.05) is 30.5 Å². The summed E-state index contributed by atoms with van der Waals surface area (Å²) in [7, 11) is 0. The van der Waals surface area contributed by atoms with Crippen LogP contribution in [0.2, 0.25) is 0 Å². The number of nitrogens with zero attached hydrogens (tertiary/aromatic N) is 3. The number of piperazine rings is 1. The molecule has 0 aliphatic carbocycles. The molecule has 2 aromatic rings. The predicted molar refractivity (Wildman–Crippen MR) is 125 cm³/mol. The van der Waals surface area contributed by atoms with Gasteiger partial charge in [0.2, 0.25) is 0 Å². The van der Waals surface area contributed by atoms with Crippen LogP contribution < -0.4 is 10.2 Å². The van der Waals surface area contributed by atoms with E-state index in [9.17, 15) is 14.0 Å². The average Bonchev–Trinajstić information content (AvgIpc) is 3.34. The van der Waals surface area contributed by atoms with Crippen LogP contribution in [0, 0.1) is 5.82 Å². The van der Waals surface area contributed by atoms with Crippen LogP contribution in [0.3, 0.4) is 0 Å². The maximum absolute atomic E-state index is 14.2. The molecule has 3 heterocycles. The second-order valence-corrected chi connectivity index (χ2v) is 9.53. The van der Waals surface area contributed by atoms with Crippen LogP contribution in [0.1, 0.15) is 37.1 Å². The third-order valence-electron chi connectivity index (χ3n) is 6.41. The predicted octanol–water partition coefficient (Wildman–Crippen LogP) is 3.27. The molecule has 2 amide bonds. The van der Waals surface area contributed by atoms with Crippen molar-refractivity contribution < 1.29 is 14.0 Å². The van der Waals surface area contributed by atoms with Gasteiger partial charge >= 0.3 is 11.8 Å². The molecular formula is C24H31FN4O2S. The van der Waals surface area contributed by atoms with Crippen LogP contribution in [0.25, 0.3) is 0 Å². The number of amides is 2. The highest BCUT2D eigenvalue weighted by atomic mass is 32.1. The van der Waals surface area contributed by atoms with Crippen molar-refractivity contribution in [3.05, 3.63) is 52.5 Å². The van der Waals surface area contributed by atoms with E-state index in [0.717, 1.165) is 37.2 Å². The van der Waals surface area contributed by atoms with Crippen LogP contribution in [0.15, 0.2) is 41.8 Å². The number of likely N-dealkylation sites (tertiary alicyclic amines) is 1. The molecule has 2 atom stereocenters. The van der Waals surface area contributed by atoms with Crippen molar-refractivity contribution in [1.29, 1.82) is 0 Å². The number of nitrogens with one attached hydrogen (secondary N) is 1. The van der Waals surface area contributed by atoms with Gasteiger partial charge in [0.05, 0.1) is 11.7 Å². The van der Waals surface area contributed by atoms with Crippen molar-refractivity contribution in [2.45, 2.75) is 38.3 Å². The van der Waals surface area contributed by atoms with Crippen molar-refractivity contribution in [2.75, 3.05) is 44.2 Å². The van der Waals surface area contributed by atoms with Crippen molar-refractivity contribution in [2.24, 2.45) is 0 Å². The molecular weight excluding hydrogens is 427 g/mol. The fraction of sp³-hybridized carbons (Fsp3) is 0.500. The van der Waals surface area contributed by atoms with E-state index in [1.165, 1.54) is 6.07 Å². The first kappa shape index (κ1) is 22.7. The van der Waals surface area contributed by atoms with Gasteiger partial charge in [-0.05, 0) is 49.8 Å². The highest BCUT2D eigenvalue weighted by molar-refractivity contribution is 7.10. The Bertz CT molecular complexity index is 908. The summed E-state index contributed by atoms with van der Waals surface area (Å²) in [6.45, 7) is 6.19. The number of piperidine rings is 1. The molecule has 0 radical (unpaired) electrons. The lowest BCUT2D eigenvalue weighted by molar-refractivity contribution is -0.147. The van der Waals surface area contributed by atoms with Crippen molar-refractivity contribution in [1.82, 2.24) is 15.1 Å². The molecule has 8 heteroatoms. The summed E-state index contributed by atoms with van der Waals surface area (Å²) in [5.41, 5.74) is 0.633. The zero-order chi connectivity index (χ0) is 22.5. The number of hydrogen-bond acceptors (Lipinski definition) is 5. The summed E-state index contributed by atoms with van der Waals surface area (Å²) in [4.78, 5) is 32.6. The lowest BCUT2D eigenvalue weighted by Gasteiger charge is -2.42. The smallest absolute Gasteiger partial charge is 0.311 e. The topological polar surface area (TPSA) is 55.9 Å². The highest BCUT2D eigenvalue weighted by Gasteiger charge is 2.33. The Morgan fingerprint density at radius 3 is 2.34 bits per heavy atom. The van der Waals surface area contributed by atoms with Crippen LogP contribution in [-0.4, -0.2) is 66.9 Å². The Labute approximate surface area is 193 Å². The monoisotopic (exact) mass is 458 g/mol. The average molecular weight is 459 g/mol. The van der Waals surface area contributed by atoms with E-state index in [4.69, 9.17) is 0 Å². The van der Waals surface area contributed by atoms with Crippen molar-refractivity contribution >= 4 is 28.8 Å². The van der Waals surface area contributed by atoms with Crippen LogP contribution in [-0.2, 0) is 9.59 Å². The molecule has 2 fully saturated rings. The first-order chi connectivity index (χ1) is 15.5. The van der Waals surface area contributed by atoms with E-state index >= 15 is 0 Å². The van der Waals surface area contributed by atoms with Gasteiger partial charge in [-0.3, -0.25) is 14.5 Å². The summed E-state index contributed by atoms with van der Waals surface area (Å²) >= 11 is 1.65. The fourth-order valence-corrected chi connectivity index (χ4v) is 5.70. The van der Waals surface area contributed by atoms with Gasteiger partial charge in [0.15, 0.2) is 0 Å². The molecule has 0 spiro atoms. The Hall–Kier alpha value is -2.45. The molecule has 2 aliphatic heterocycles. The van der Waals surface area contributed by atoms with Gasteiger partial charge in [-0.1, -0.05) is 18.2 Å². The minimum atomic E-state index is -0.522. The quantitative estimate of drug-likeness (QED) is 0.699. The van der Waals surface area contributed by atoms with E-state index in [-0.39, 0.29) is 17.9 Å². The van der Waals surface area contributed by atoms with Gasteiger partial charge in [-0.2, -0.15) is 0 Å². The molecule has 4 rings (SSSR count). The van der Waals surface area contributed by atoms with E-state index in [0.29, 0.717) is 31.9 Å². The summed E-state index contributed by atoms with van der Waals surface area (Å²) in [6.07, 6.45) is 3.03. The van der Waals surface area contributed by atoms with Gasteiger partial charge < -0.3 is 15.1 Å². The fourth-order valence-electron chi connectivity index (χ4n) is 4.74. The molecule has 32 heavy (non-hydrogen) atoms. The van der Waals surface area contributed by atoms with Gasteiger partial charge in [0.25, 0.3) is 0 Å². The third kappa shape index (κ3) is 5.13. The Kier molecular flexibility index (Phi) is 7.42. The van der Waals surface area contributed by atoms with Gasteiger partial charge in [-0.15, -0.1) is 11.3 Å². The maximum Gasteiger partial charge on any atom is 0.311 e. The second kappa shape index (κ2) is 10.4. The van der Waals surface area contributed by atoms with Gasteiger partial charge in [-0.25, -0.2) is 4.39 Å². The third-order valence-corrected chi connectivity index (χ3v) is 7.35. The zero-order valence-corrected chi connectivity index (χ0v) is 19.3. The maximum atomic E-state index is 14.2. The SMILES string of the molecule is C[C@@H](NC(=O)C(=O)N1CCCCC1)[C@H](c1cccs1)N1CCN(c2ccccc2F)CC1. The number of thiophene rings is 1. The molecule has 1 aromatic carbocycles. The molecule has 0 bridgehead atoms. The van der Waals surface area contributed by atoms with Crippen LogP contribution in [0.5, 0.6) is 0 Å². The van der Waals surface area contributed by atoms with E-state index in [2.05, 4.69) is 21.2 Å². The summed E-state index contributed by atoms with van der Waals surface area (Å²) in [5, 5.41) is 5.01. The molecule has 1 N–H and O–H groups in total. The number of carbonyl (C=O) groups excluding carboxylic acids is 2. The Morgan fingerprint density at radius 1 is 0.969 bits per heavy atom. The molecule has 2 aliphatic rings. The molecule has 2 saturated heterocycles. The number of halogens is 1. The Morgan fingerprint density at radius 2 is 1.69 bits per heavy atom. The number of hydrogen-bond donors (Lipinski definition) is 1. The van der Waals surface area contributed by atoms with E-state index < -0.39 is 11.8 Å². The first-order valence-corrected chi connectivity index (χ1v) is 12.3. The summed E-state index contributed by atoms with van der Waals surface area (Å²) in [5.74, 6) is -1.15. The minimum absolute atomic E-state index is 0.0316. The number of carbonyl (C=O) groups is 2. The number of anilines is 1. The van der Waals surface area contributed by atoms with Crippen molar-refractivity contribution in [3.63, 3.8) is 0 Å². The molecule has 1 aromatic heterocycles. The molecule has 0 unspecified atom stereocenters. The zero-order valence-electron chi connectivity index (χ0n) is 18.5. The van der Waals surface area contributed by atoms with Crippen LogP contribution >= 0.6 is 11.3 Å². The Balaban J connectivity index is 1.42. The molecule has 0 saturated carbocycles. The minimum Gasteiger partial charge on any atom is -0.367 e. The number of rotatable bonds is 5. The standard InChI is InChI=1S/C24H31FN4O2S/c1-18(26-23(30)24(31)29-11-5-2-6-12-29)22(21-10-7-17-32-21)28-15-13-27(14-16-28)20-9-4-3-8-19(20)25/h3-4,7-10,17-18,22H,2,5-6,11-16H2,1H3,(H,26,30)/t18-,22-/m1/s1. The highest BCUT2D eigenvalue weighted by Crippen LogP contribution is 2.30. The normalized spacial score (nSPS) is 19.4. The van der Waals surface area contributed by atoms with Gasteiger partial charge in [0.1, 0.15) is 5.82 Å². The number of para-hydroxylation sites is 1. The molecule has 172 valence electrons. The van der Waals surface area contributed by atoms with Crippen molar-refractivity contribution in [3.8, 4) is 0 Å². The summed E-state index contributed by atoms with van der Waals surface area (Å²) < 4.78 is 14.2. The van der Waals surface area contributed by atoms with Gasteiger partial charge in [0, 0.05) is 50.2 Å². The first-order valence-electron chi connectivity index (χ1n) is 11.4. The second-order valence-electron chi connectivity index (χ2n) is 8.55. The van der Waals surface area contributed by atoms with Crippen LogP contribution in [0.4, 0.5) is 10.1 Å². The largest absolute Gasteiger partial charge is 0.367 e. The summed E-state index contributed by atoms with van der Waals surface area (Å²) in [6, 6.07) is 10.7. The number of benzene rings is 1. The lowest BCUT2D eigenvalue weighted by atomic mass is 10.0. The lowest BCUT2D eigenvalue weighted by Crippen LogP contribution is -2.54. The molecule has 6 nitrogen and oxygen atoms in total.